The molecule has 0 aliphatic carbocycles. The van der Waals surface area contributed by atoms with Crippen LogP contribution in [0.1, 0.15) is 26.3 Å². The van der Waals surface area contributed by atoms with Gasteiger partial charge in [-0.1, -0.05) is 0 Å². The number of nitro benzene ring substituents is 1. The average molecular weight is 288 g/mol. The molecule has 1 N–H and O–H groups in total. The van der Waals surface area contributed by atoms with Crippen molar-refractivity contribution in [2.45, 2.75) is 26.3 Å². The number of nitrogens with zero attached hydrogens (tertiary/aromatic N) is 4. The fourth-order valence-electron chi connectivity index (χ4n) is 1.56. The van der Waals surface area contributed by atoms with Gasteiger partial charge in [-0.25, -0.2) is 9.98 Å². The van der Waals surface area contributed by atoms with Crippen LogP contribution in [0.2, 0.25) is 0 Å². The standard InChI is InChI=1S/C14H16N4O3/c1-14(2,3)17(19)9-11-8-15-13(16-11)10-4-6-12(7-5-10)18(20)21/h4-9,19H,1-3H3/b11-9+. The molecule has 1 heterocycles. The lowest BCUT2D eigenvalue weighted by Crippen LogP contribution is -2.34. The first-order valence-electron chi connectivity index (χ1n) is 6.35. The Morgan fingerprint density at radius 2 is 1.90 bits per heavy atom. The first kappa shape index (κ1) is 14.9. The van der Waals surface area contributed by atoms with Crippen LogP contribution in [-0.2, 0) is 0 Å². The van der Waals surface area contributed by atoms with E-state index in [4.69, 9.17) is 0 Å². The van der Waals surface area contributed by atoms with E-state index < -0.39 is 10.5 Å². The molecule has 2 rings (SSSR count). The molecule has 1 aromatic rings. The summed E-state index contributed by atoms with van der Waals surface area (Å²) in [5.41, 5.74) is 0.777. The van der Waals surface area contributed by atoms with E-state index in [1.165, 1.54) is 24.5 Å². The van der Waals surface area contributed by atoms with Crippen LogP contribution in [0, 0.1) is 10.1 Å². The fourth-order valence-corrected chi connectivity index (χ4v) is 1.56. The molecule has 0 unspecified atom stereocenters. The first-order chi connectivity index (χ1) is 9.77. The summed E-state index contributed by atoms with van der Waals surface area (Å²) < 4.78 is 0. The van der Waals surface area contributed by atoms with Gasteiger partial charge >= 0.3 is 0 Å². The van der Waals surface area contributed by atoms with E-state index in [0.717, 1.165) is 5.06 Å². The molecule has 7 heteroatoms. The van der Waals surface area contributed by atoms with Crippen LogP contribution >= 0.6 is 0 Å². The summed E-state index contributed by atoms with van der Waals surface area (Å²) in [6.07, 6.45) is 3.02. The Labute approximate surface area is 122 Å². The minimum Gasteiger partial charge on any atom is -0.288 e. The van der Waals surface area contributed by atoms with Crippen molar-refractivity contribution in [3.63, 3.8) is 0 Å². The molecule has 0 atom stereocenters. The van der Waals surface area contributed by atoms with Crippen molar-refractivity contribution in [3.8, 4) is 0 Å². The van der Waals surface area contributed by atoms with Crippen LogP contribution in [0.25, 0.3) is 0 Å². The average Bonchev–Trinajstić information content (AvgIpc) is 2.86. The highest BCUT2D eigenvalue weighted by atomic mass is 16.6. The van der Waals surface area contributed by atoms with Crippen molar-refractivity contribution in [1.29, 1.82) is 0 Å². The quantitative estimate of drug-likeness (QED) is 0.683. The highest BCUT2D eigenvalue weighted by molar-refractivity contribution is 6.10. The molecule has 0 bridgehead atoms. The number of aliphatic imine (C=N–C) groups is 2. The topological polar surface area (TPSA) is 91.3 Å². The van der Waals surface area contributed by atoms with Crippen molar-refractivity contribution in [2.24, 2.45) is 9.98 Å². The molecule has 1 aromatic carbocycles. The highest BCUT2D eigenvalue weighted by Gasteiger charge is 2.18. The number of amidine groups is 1. The maximum Gasteiger partial charge on any atom is 0.269 e. The van der Waals surface area contributed by atoms with Crippen molar-refractivity contribution in [2.75, 3.05) is 0 Å². The van der Waals surface area contributed by atoms with E-state index in [2.05, 4.69) is 9.98 Å². The van der Waals surface area contributed by atoms with Gasteiger partial charge in [0.05, 0.1) is 22.9 Å². The van der Waals surface area contributed by atoms with Crippen molar-refractivity contribution < 1.29 is 10.1 Å². The zero-order chi connectivity index (χ0) is 15.6. The summed E-state index contributed by atoms with van der Waals surface area (Å²) >= 11 is 0. The normalized spacial score (nSPS) is 16.2. The second-order valence-corrected chi connectivity index (χ2v) is 5.57. The minimum absolute atomic E-state index is 0.0198. The molecule has 0 fully saturated rings. The Kier molecular flexibility index (Phi) is 3.86. The molecule has 7 nitrogen and oxygen atoms in total. The summed E-state index contributed by atoms with van der Waals surface area (Å²) in [6.45, 7) is 5.57. The molecular formula is C14H16N4O3. The number of hydrogen-bond acceptors (Lipinski definition) is 6. The maximum atomic E-state index is 10.6. The van der Waals surface area contributed by atoms with Gasteiger partial charge in [0.2, 0.25) is 0 Å². The Morgan fingerprint density at radius 3 is 2.43 bits per heavy atom. The maximum absolute atomic E-state index is 10.6. The third-order valence-corrected chi connectivity index (χ3v) is 2.83. The van der Waals surface area contributed by atoms with Gasteiger partial charge in [0, 0.05) is 17.7 Å². The number of non-ortho nitro benzene ring substituents is 1. The molecule has 1 aliphatic rings. The molecule has 0 radical (unpaired) electrons. The highest BCUT2D eigenvalue weighted by Crippen LogP contribution is 2.18. The smallest absolute Gasteiger partial charge is 0.269 e. The lowest BCUT2D eigenvalue weighted by Gasteiger charge is -2.27. The summed E-state index contributed by atoms with van der Waals surface area (Å²) in [5, 5.41) is 21.5. The van der Waals surface area contributed by atoms with Gasteiger partial charge in [-0.05, 0) is 32.9 Å². The zero-order valence-electron chi connectivity index (χ0n) is 12.0. The van der Waals surface area contributed by atoms with Crippen LogP contribution < -0.4 is 0 Å². The molecular weight excluding hydrogens is 272 g/mol. The van der Waals surface area contributed by atoms with Crippen LogP contribution in [-0.4, -0.2) is 32.8 Å². The second kappa shape index (κ2) is 5.45. The van der Waals surface area contributed by atoms with E-state index in [9.17, 15) is 15.3 Å². The minimum atomic E-state index is -0.457. The summed E-state index contributed by atoms with van der Waals surface area (Å²) in [7, 11) is 0. The lowest BCUT2D eigenvalue weighted by molar-refractivity contribution is -0.384. The summed E-state index contributed by atoms with van der Waals surface area (Å²) in [5.74, 6) is 0.457. The van der Waals surface area contributed by atoms with Crippen LogP contribution in [0.4, 0.5) is 5.69 Å². The summed E-state index contributed by atoms with van der Waals surface area (Å²) in [4.78, 5) is 18.6. The number of allylic oxidation sites excluding steroid dienone is 1. The van der Waals surface area contributed by atoms with Gasteiger partial charge in [0.25, 0.3) is 5.69 Å². The van der Waals surface area contributed by atoms with Gasteiger partial charge < -0.3 is 0 Å². The van der Waals surface area contributed by atoms with Gasteiger partial charge in [0.1, 0.15) is 5.70 Å². The van der Waals surface area contributed by atoms with Gasteiger partial charge in [0.15, 0.2) is 5.84 Å². The van der Waals surface area contributed by atoms with Crippen molar-refractivity contribution >= 4 is 17.7 Å². The second-order valence-electron chi connectivity index (χ2n) is 5.57. The number of hydroxylamine groups is 2. The fraction of sp³-hybridized carbons (Fsp3) is 0.286. The Morgan fingerprint density at radius 1 is 1.29 bits per heavy atom. The van der Waals surface area contributed by atoms with Crippen LogP contribution in [0.3, 0.4) is 0 Å². The van der Waals surface area contributed by atoms with E-state index in [0.29, 0.717) is 17.1 Å². The number of benzene rings is 1. The van der Waals surface area contributed by atoms with E-state index >= 15 is 0 Å². The predicted octanol–water partition coefficient (Wildman–Crippen LogP) is 2.76. The number of rotatable bonds is 3. The predicted molar refractivity (Wildman–Crippen MR) is 79.6 cm³/mol. The third-order valence-electron chi connectivity index (χ3n) is 2.83. The Bertz CT molecular complexity index is 639. The molecule has 1 aliphatic heterocycles. The zero-order valence-corrected chi connectivity index (χ0v) is 12.0. The van der Waals surface area contributed by atoms with E-state index in [-0.39, 0.29) is 5.69 Å². The van der Waals surface area contributed by atoms with Gasteiger partial charge in [-0.15, -0.1) is 0 Å². The monoisotopic (exact) mass is 288 g/mol. The lowest BCUT2D eigenvalue weighted by atomic mass is 10.1. The molecule has 0 amide bonds. The molecule has 0 spiro atoms. The van der Waals surface area contributed by atoms with Crippen LogP contribution in [0.15, 0.2) is 46.1 Å². The molecule has 0 saturated carbocycles. The van der Waals surface area contributed by atoms with Gasteiger partial charge in [-0.3, -0.25) is 20.4 Å². The van der Waals surface area contributed by atoms with Crippen molar-refractivity contribution in [3.05, 3.63) is 51.8 Å². The van der Waals surface area contributed by atoms with Crippen molar-refractivity contribution in [1.82, 2.24) is 5.06 Å². The molecule has 21 heavy (non-hydrogen) atoms. The molecule has 110 valence electrons. The van der Waals surface area contributed by atoms with E-state index in [1.54, 1.807) is 12.1 Å². The SMILES string of the molecule is CC(C)(C)N(O)/C=C1\C=NC(c2ccc([N+](=O)[O-])cc2)=N1. The molecule has 0 aromatic heterocycles. The number of hydrogen-bond donors (Lipinski definition) is 1. The van der Waals surface area contributed by atoms with Crippen LogP contribution in [0.5, 0.6) is 0 Å². The Balaban J connectivity index is 2.20. The third kappa shape index (κ3) is 3.51. The number of nitro groups is 1. The van der Waals surface area contributed by atoms with E-state index in [1.807, 2.05) is 20.8 Å². The largest absolute Gasteiger partial charge is 0.288 e. The first-order valence-corrected chi connectivity index (χ1v) is 6.35. The Hall–Kier alpha value is -2.54. The molecule has 0 saturated heterocycles. The summed E-state index contributed by atoms with van der Waals surface area (Å²) in [6, 6.07) is 6.00. The van der Waals surface area contributed by atoms with Gasteiger partial charge in [-0.2, -0.15) is 0 Å².